The Bertz CT molecular complexity index is 800. The van der Waals surface area contributed by atoms with E-state index in [-0.39, 0.29) is 17.9 Å². The second kappa shape index (κ2) is 6.97. The first-order chi connectivity index (χ1) is 12.2. The molecule has 0 bridgehead atoms. The Labute approximate surface area is 149 Å². The molecule has 2 aromatic rings. The van der Waals surface area contributed by atoms with Crippen molar-refractivity contribution in [2.45, 2.75) is 32.5 Å². The van der Waals surface area contributed by atoms with Crippen molar-refractivity contribution in [3.05, 3.63) is 58.8 Å². The van der Waals surface area contributed by atoms with Crippen molar-refractivity contribution in [1.29, 1.82) is 0 Å². The first kappa shape index (κ1) is 18.2. The van der Waals surface area contributed by atoms with Crippen molar-refractivity contribution in [3.8, 4) is 5.88 Å². The summed E-state index contributed by atoms with van der Waals surface area (Å²) in [6.45, 7) is 4.68. The summed E-state index contributed by atoms with van der Waals surface area (Å²) in [7, 11) is 0. The largest absolute Gasteiger partial charge is 0.472 e. The summed E-state index contributed by atoms with van der Waals surface area (Å²) in [5.74, 6) is -0.176. The molecule has 1 aliphatic rings. The number of ether oxygens (including phenoxy) is 1. The summed E-state index contributed by atoms with van der Waals surface area (Å²) in [4.78, 5) is 18.1. The minimum Gasteiger partial charge on any atom is -0.472 e. The van der Waals surface area contributed by atoms with Gasteiger partial charge in [-0.2, -0.15) is 13.2 Å². The van der Waals surface area contributed by atoms with Gasteiger partial charge in [-0.05, 0) is 32.0 Å². The van der Waals surface area contributed by atoms with E-state index in [1.807, 2.05) is 32.0 Å². The SMILES string of the molecule is Cc1cc(C)cc(C(=O)N2CCC(Oc3cc(C(F)(F)F)ccn3)C2)c1. The number of carbonyl (C=O) groups is 1. The Hall–Kier alpha value is -2.57. The van der Waals surface area contributed by atoms with Crippen LogP contribution in [-0.4, -0.2) is 35.0 Å². The van der Waals surface area contributed by atoms with Crippen LogP contribution in [-0.2, 0) is 6.18 Å². The molecule has 4 nitrogen and oxygen atoms in total. The number of nitrogens with zero attached hydrogens (tertiary/aromatic N) is 2. The predicted octanol–water partition coefficient (Wildman–Crippen LogP) is 4.01. The molecule has 7 heteroatoms. The van der Waals surface area contributed by atoms with E-state index < -0.39 is 11.7 Å². The average molecular weight is 364 g/mol. The number of benzene rings is 1. The summed E-state index contributed by atoms with van der Waals surface area (Å²) in [5, 5.41) is 0. The van der Waals surface area contributed by atoms with Crippen LogP contribution in [0.15, 0.2) is 36.5 Å². The summed E-state index contributed by atoms with van der Waals surface area (Å²) in [5.41, 5.74) is 1.83. The molecular weight excluding hydrogens is 345 g/mol. The quantitative estimate of drug-likeness (QED) is 0.826. The molecule has 1 aromatic heterocycles. The Kier molecular flexibility index (Phi) is 4.89. The Balaban J connectivity index is 1.66. The summed E-state index contributed by atoms with van der Waals surface area (Å²) in [6, 6.07) is 7.44. The zero-order valence-electron chi connectivity index (χ0n) is 14.5. The van der Waals surface area contributed by atoms with E-state index in [9.17, 15) is 18.0 Å². The van der Waals surface area contributed by atoms with Crippen LogP contribution in [0.3, 0.4) is 0 Å². The highest BCUT2D eigenvalue weighted by Gasteiger charge is 2.32. The van der Waals surface area contributed by atoms with E-state index in [2.05, 4.69) is 4.98 Å². The number of amides is 1. The Morgan fingerprint density at radius 2 is 1.88 bits per heavy atom. The molecule has 2 heterocycles. The number of rotatable bonds is 3. The highest BCUT2D eigenvalue weighted by Crippen LogP contribution is 2.31. The van der Waals surface area contributed by atoms with E-state index >= 15 is 0 Å². The molecule has 0 spiro atoms. The van der Waals surface area contributed by atoms with Gasteiger partial charge in [-0.15, -0.1) is 0 Å². The van der Waals surface area contributed by atoms with Crippen LogP contribution in [0, 0.1) is 13.8 Å². The van der Waals surface area contributed by atoms with Gasteiger partial charge in [-0.1, -0.05) is 17.2 Å². The van der Waals surface area contributed by atoms with E-state index in [1.165, 1.54) is 0 Å². The number of likely N-dealkylation sites (tertiary alicyclic amines) is 1. The lowest BCUT2D eigenvalue weighted by Crippen LogP contribution is -2.31. The highest BCUT2D eigenvalue weighted by molar-refractivity contribution is 5.94. The molecule has 0 N–H and O–H groups in total. The Morgan fingerprint density at radius 1 is 1.19 bits per heavy atom. The zero-order chi connectivity index (χ0) is 18.9. The molecule has 138 valence electrons. The second-order valence-corrected chi connectivity index (χ2v) is 6.54. The van der Waals surface area contributed by atoms with Crippen LogP contribution < -0.4 is 4.74 Å². The lowest BCUT2D eigenvalue weighted by atomic mass is 10.1. The lowest BCUT2D eigenvalue weighted by molar-refractivity contribution is -0.137. The zero-order valence-corrected chi connectivity index (χ0v) is 14.5. The van der Waals surface area contributed by atoms with Gasteiger partial charge in [-0.25, -0.2) is 4.98 Å². The van der Waals surface area contributed by atoms with Gasteiger partial charge in [0.1, 0.15) is 6.10 Å². The third-order valence-corrected chi connectivity index (χ3v) is 4.25. The van der Waals surface area contributed by atoms with Crippen LogP contribution in [0.5, 0.6) is 5.88 Å². The summed E-state index contributed by atoms with van der Waals surface area (Å²) in [6.07, 6.45) is -3.19. The van der Waals surface area contributed by atoms with Crippen molar-refractivity contribution in [3.63, 3.8) is 0 Å². The number of halogens is 3. The van der Waals surface area contributed by atoms with Crippen LogP contribution in [0.1, 0.15) is 33.5 Å². The average Bonchev–Trinajstić information content (AvgIpc) is 3.01. The normalized spacial score (nSPS) is 17.4. The maximum Gasteiger partial charge on any atom is 0.416 e. The monoisotopic (exact) mass is 364 g/mol. The van der Waals surface area contributed by atoms with Crippen LogP contribution in [0.4, 0.5) is 13.2 Å². The van der Waals surface area contributed by atoms with Gasteiger partial charge in [-0.3, -0.25) is 4.79 Å². The first-order valence-corrected chi connectivity index (χ1v) is 8.30. The third-order valence-electron chi connectivity index (χ3n) is 4.25. The first-order valence-electron chi connectivity index (χ1n) is 8.30. The van der Waals surface area contributed by atoms with Crippen molar-refractivity contribution in [1.82, 2.24) is 9.88 Å². The molecule has 0 aliphatic carbocycles. The molecule has 1 unspecified atom stereocenters. The van der Waals surface area contributed by atoms with Gasteiger partial charge in [0.15, 0.2) is 0 Å². The number of hydrogen-bond acceptors (Lipinski definition) is 3. The van der Waals surface area contributed by atoms with E-state index in [0.29, 0.717) is 25.1 Å². The van der Waals surface area contributed by atoms with Crippen molar-refractivity contribution in [2.75, 3.05) is 13.1 Å². The summed E-state index contributed by atoms with van der Waals surface area (Å²) < 4.78 is 43.9. The van der Waals surface area contributed by atoms with Gasteiger partial charge < -0.3 is 9.64 Å². The maximum absolute atomic E-state index is 12.8. The molecule has 1 saturated heterocycles. The topological polar surface area (TPSA) is 42.4 Å². The molecule has 1 aliphatic heterocycles. The molecular formula is C19H19F3N2O2. The van der Waals surface area contributed by atoms with Gasteiger partial charge >= 0.3 is 6.18 Å². The van der Waals surface area contributed by atoms with Crippen LogP contribution in [0.2, 0.25) is 0 Å². The van der Waals surface area contributed by atoms with Crippen molar-refractivity contribution in [2.24, 2.45) is 0 Å². The third kappa shape index (κ3) is 4.15. The fraction of sp³-hybridized carbons (Fsp3) is 0.368. The standard InChI is InChI=1S/C19H19F3N2O2/c1-12-7-13(2)9-14(8-12)18(25)24-6-4-16(11-24)26-17-10-15(3-5-23-17)19(20,21)22/h3,5,7-10,16H,4,6,11H2,1-2H3. The number of alkyl halides is 3. The maximum atomic E-state index is 12.8. The number of carbonyl (C=O) groups excluding carboxylic acids is 1. The van der Waals surface area contributed by atoms with Crippen LogP contribution in [0.25, 0.3) is 0 Å². The molecule has 1 fully saturated rings. The van der Waals surface area contributed by atoms with E-state index in [0.717, 1.165) is 29.5 Å². The van der Waals surface area contributed by atoms with Crippen molar-refractivity contribution >= 4 is 5.91 Å². The number of aryl methyl sites for hydroxylation is 2. The van der Waals surface area contributed by atoms with E-state index in [4.69, 9.17) is 4.74 Å². The van der Waals surface area contributed by atoms with Crippen molar-refractivity contribution < 1.29 is 22.7 Å². The predicted molar refractivity (Wildman–Crippen MR) is 90.1 cm³/mol. The van der Waals surface area contributed by atoms with Crippen LogP contribution >= 0.6 is 0 Å². The molecule has 0 radical (unpaired) electrons. The van der Waals surface area contributed by atoms with Gasteiger partial charge in [0.2, 0.25) is 5.88 Å². The minimum atomic E-state index is -4.44. The Morgan fingerprint density at radius 3 is 2.54 bits per heavy atom. The highest BCUT2D eigenvalue weighted by atomic mass is 19.4. The minimum absolute atomic E-state index is 0.0782. The fourth-order valence-corrected chi connectivity index (χ4v) is 3.11. The number of hydrogen-bond donors (Lipinski definition) is 0. The van der Waals surface area contributed by atoms with E-state index in [1.54, 1.807) is 4.90 Å². The lowest BCUT2D eigenvalue weighted by Gasteiger charge is -2.18. The molecule has 26 heavy (non-hydrogen) atoms. The molecule has 1 atom stereocenters. The van der Waals surface area contributed by atoms with Gasteiger partial charge in [0.05, 0.1) is 12.1 Å². The number of aromatic nitrogens is 1. The number of pyridine rings is 1. The smallest absolute Gasteiger partial charge is 0.416 e. The van der Waals surface area contributed by atoms with Gasteiger partial charge in [0, 0.05) is 30.8 Å². The van der Waals surface area contributed by atoms with Gasteiger partial charge in [0.25, 0.3) is 5.91 Å². The summed E-state index contributed by atoms with van der Waals surface area (Å²) >= 11 is 0. The molecule has 1 aromatic carbocycles. The molecule has 3 rings (SSSR count). The fourth-order valence-electron chi connectivity index (χ4n) is 3.11. The molecule has 0 saturated carbocycles. The molecule has 1 amide bonds. The second-order valence-electron chi connectivity index (χ2n) is 6.54.